The van der Waals surface area contributed by atoms with Crippen molar-refractivity contribution in [3.8, 4) is 0 Å². The molecule has 0 spiro atoms. The molecule has 4 heteroatoms. The molecule has 66 valence electrons. The highest BCUT2D eigenvalue weighted by atomic mass is 31.0. The maximum absolute atomic E-state index is 13.4. The Bertz CT molecular complexity index is 173. The van der Waals surface area contributed by atoms with Gasteiger partial charge in [0, 0.05) is 5.92 Å². The first kappa shape index (κ1) is 9.31. The number of rotatable bonds is 1. The van der Waals surface area contributed by atoms with E-state index in [2.05, 4.69) is 0 Å². The number of alkyl halides is 3. The van der Waals surface area contributed by atoms with Crippen LogP contribution in [0.4, 0.5) is 13.2 Å². The average molecular weight is 184 g/mol. The van der Waals surface area contributed by atoms with Crippen LogP contribution in [0.2, 0.25) is 0 Å². The van der Waals surface area contributed by atoms with E-state index >= 15 is 0 Å². The largest absolute Gasteiger partial charge is 0.240 e. The van der Waals surface area contributed by atoms with Crippen LogP contribution in [0.15, 0.2) is 0 Å². The monoisotopic (exact) mass is 184 g/mol. The van der Waals surface area contributed by atoms with Crippen molar-refractivity contribution in [3.63, 3.8) is 0 Å². The summed E-state index contributed by atoms with van der Waals surface area (Å²) in [6.07, 6.45) is 0. The Kier molecular flexibility index (Phi) is 1.63. The predicted octanol–water partition coefficient (Wildman–Crippen LogP) is 2.63. The summed E-state index contributed by atoms with van der Waals surface area (Å²) < 4.78 is 39.6. The van der Waals surface area contributed by atoms with Crippen LogP contribution in [0.5, 0.6) is 0 Å². The maximum Gasteiger partial charge on any atom is 0.187 e. The molecule has 0 aliphatic heterocycles. The quantitative estimate of drug-likeness (QED) is 0.549. The van der Waals surface area contributed by atoms with E-state index in [0.717, 1.165) is 13.8 Å². The van der Waals surface area contributed by atoms with Crippen molar-refractivity contribution in [2.45, 2.75) is 37.5 Å². The van der Waals surface area contributed by atoms with Gasteiger partial charge in [-0.25, -0.2) is 13.2 Å². The molecule has 11 heavy (non-hydrogen) atoms. The van der Waals surface area contributed by atoms with E-state index in [9.17, 15) is 13.2 Å². The molecule has 0 heterocycles. The molecule has 1 aliphatic rings. The average Bonchev–Trinajstić information content (AvgIpc) is 2.14. The van der Waals surface area contributed by atoms with Gasteiger partial charge >= 0.3 is 0 Å². The molecular formula is C7H12F3P. The molecule has 5 atom stereocenters. The van der Waals surface area contributed by atoms with Crippen molar-refractivity contribution in [2.24, 2.45) is 5.92 Å². The van der Waals surface area contributed by atoms with Crippen molar-refractivity contribution in [1.82, 2.24) is 0 Å². The molecule has 0 aromatic rings. The Morgan fingerprint density at radius 2 is 1.73 bits per heavy atom. The minimum Gasteiger partial charge on any atom is -0.240 e. The Balaban J connectivity index is 2.92. The van der Waals surface area contributed by atoms with Crippen LogP contribution in [-0.4, -0.2) is 16.7 Å². The fourth-order valence-corrected chi connectivity index (χ4v) is 2.18. The zero-order chi connectivity index (χ0) is 9.08. The standard InChI is InChI=1S/C7H12F3P/c1-4-5(2,8)7(4,10)6(3,9)11/h4H,11H2,1-3H3. The lowest BCUT2D eigenvalue weighted by Gasteiger charge is -2.20. The van der Waals surface area contributed by atoms with Gasteiger partial charge < -0.3 is 0 Å². The van der Waals surface area contributed by atoms with Gasteiger partial charge in [-0.15, -0.1) is 0 Å². The topological polar surface area (TPSA) is 0 Å². The van der Waals surface area contributed by atoms with Gasteiger partial charge in [0.2, 0.25) is 0 Å². The lowest BCUT2D eigenvalue weighted by molar-refractivity contribution is 0.0713. The van der Waals surface area contributed by atoms with Gasteiger partial charge in [-0.05, 0) is 13.8 Å². The molecular weight excluding hydrogens is 172 g/mol. The summed E-state index contributed by atoms with van der Waals surface area (Å²) in [5, 5.41) is -2.17. The Morgan fingerprint density at radius 1 is 1.45 bits per heavy atom. The Hall–Kier alpha value is 0.220. The maximum atomic E-state index is 13.4. The summed E-state index contributed by atoms with van der Waals surface area (Å²) >= 11 is 0. The molecule has 1 fully saturated rings. The van der Waals surface area contributed by atoms with Crippen LogP contribution in [0, 0.1) is 5.92 Å². The van der Waals surface area contributed by atoms with Crippen molar-refractivity contribution < 1.29 is 13.2 Å². The molecule has 1 rings (SSSR count). The summed E-state index contributed by atoms with van der Waals surface area (Å²) in [6.45, 7) is 3.51. The third-order valence-corrected chi connectivity index (χ3v) is 3.17. The van der Waals surface area contributed by atoms with Gasteiger partial charge in [-0.1, -0.05) is 16.2 Å². The van der Waals surface area contributed by atoms with Crippen molar-refractivity contribution in [2.75, 3.05) is 0 Å². The van der Waals surface area contributed by atoms with E-state index in [1.54, 1.807) is 9.24 Å². The molecule has 5 unspecified atom stereocenters. The lowest BCUT2D eigenvalue weighted by atomic mass is 10.2. The smallest absolute Gasteiger partial charge is 0.187 e. The van der Waals surface area contributed by atoms with Crippen LogP contribution in [0.1, 0.15) is 20.8 Å². The lowest BCUT2D eigenvalue weighted by Crippen LogP contribution is -2.33. The second-order valence-electron chi connectivity index (χ2n) is 3.58. The van der Waals surface area contributed by atoms with Crippen LogP contribution < -0.4 is 0 Å². The van der Waals surface area contributed by atoms with Crippen molar-refractivity contribution >= 4 is 9.24 Å². The van der Waals surface area contributed by atoms with Gasteiger partial charge in [0.1, 0.15) is 0 Å². The van der Waals surface area contributed by atoms with E-state index in [-0.39, 0.29) is 0 Å². The zero-order valence-electron chi connectivity index (χ0n) is 6.79. The first-order valence-corrected chi connectivity index (χ1v) is 4.09. The zero-order valence-corrected chi connectivity index (χ0v) is 7.94. The molecule has 0 amide bonds. The minimum absolute atomic E-state index is 0.859. The summed E-state index contributed by atoms with van der Waals surface area (Å²) in [5.74, 6) is -0.859. The SMILES string of the molecule is CC1C(C)(F)C1(F)C(C)(F)P. The summed E-state index contributed by atoms with van der Waals surface area (Å²) in [7, 11) is 1.71. The normalized spacial score (nSPS) is 55.4. The van der Waals surface area contributed by atoms with Crippen LogP contribution >= 0.6 is 9.24 Å². The van der Waals surface area contributed by atoms with E-state index in [4.69, 9.17) is 0 Å². The molecule has 0 N–H and O–H groups in total. The van der Waals surface area contributed by atoms with Crippen molar-refractivity contribution in [1.29, 1.82) is 0 Å². The minimum atomic E-state index is -2.33. The van der Waals surface area contributed by atoms with E-state index in [0.29, 0.717) is 0 Å². The molecule has 1 saturated carbocycles. The molecule has 0 radical (unpaired) electrons. The second kappa shape index (κ2) is 1.93. The van der Waals surface area contributed by atoms with Gasteiger partial charge in [-0.2, -0.15) is 0 Å². The third kappa shape index (κ3) is 0.867. The third-order valence-electron chi connectivity index (χ3n) is 2.75. The van der Waals surface area contributed by atoms with Crippen LogP contribution in [0.25, 0.3) is 0 Å². The van der Waals surface area contributed by atoms with Crippen LogP contribution in [0.3, 0.4) is 0 Å². The second-order valence-corrected chi connectivity index (χ2v) is 4.67. The molecule has 0 nitrogen and oxygen atoms in total. The van der Waals surface area contributed by atoms with Gasteiger partial charge in [0.25, 0.3) is 0 Å². The summed E-state index contributed by atoms with van der Waals surface area (Å²) in [4.78, 5) is 0. The number of hydrogen-bond acceptors (Lipinski definition) is 0. The highest BCUT2D eigenvalue weighted by molar-refractivity contribution is 7.18. The highest BCUT2D eigenvalue weighted by Gasteiger charge is 2.82. The molecule has 0 saturated heterocycles. The number of halogens is 3. The summed E-state index contributed by atoms with van der Waals surface area (Å²) in [5.41, 5.74) is -4.34. The van der Waals surface area contributed by atoms with Gasteiger partial charge in [-0.3, -0.25) is 0 Å². The molecule has 1 aliphatic carbocycles. The van der Waals surface area contributed by atoms with Gasteiger partial charge in [0.15, 0.2) is 16.7 Å². The molecule has 0 aromatic carbocycles. The highest BCUT2D eigenvalue weighted by Crippen LogP contribution is 2.67. The first-order chi connectivity index (χ1) is 4.65. The predicted molar refractivity (Wildman–Crippen MR) is 41.7 cm³/mol. The van der Waals surface area contributed by atoms with E-state index in [1.165, 1.54) is 6.92 Å². The van der Waals surface area contributed by atoms with Crippen molar-refractivity contribution in [3.05, 3.63) is 0 Å². The molecule has 0 bridgehead atoms. The fourth-order valence-electron chi connectivity index (χ4n) is 1.65. The molecule has 0 aromatic heterocycles. The fraction of sp³-hybridized carbons (Fsp3) is 1.00. The van der Waals surface area contributed by atoms with Gasteiger partial charge in [0.05, 0.1) is 0 Å². The van der Waals surface area contributed by atoms with E-state index < -0.39 is 22.7 Å². The first-order valence-electron chi connectivity index (χ1n) is 3.51. The van der Waals surface area contributed by atoms with Crippen LogP contribution in [-0.2, 0) is 0 Å². The van der Waals surface area contributed by atoms with E-state index in [1.807, 2.05) is 0 Å². The Morgan fingerprint density at radius 3 is 1.73 bits per heavy atom. The summed E-state index contributed by atoms with van der Waals surface area (Å²) in [6, 6.07) is 0. The Labute approximate surface area is 66.7 Å². The number of hydrogen-bond donors (Lipinski definition) is 0.